The number of nitrogens with zero attached hydrogens (tertiary/aromatic N) is 1. The smallest absolute Gasteiger partial charge is 0.341 e. The topological polar surface area (TPSA) is 61.8 Å². The lowest BCUT2D eigenvalue weighted by molar-refractivity contribution is -0.0867. The lowest BCUT2D eigenvalue weighted by atomic mass is 9.95. The van der Waals surface area contributed by atoms with Crippen LogP contribution in [0.1, 0.15) is 37.7 Å². The van der Waals surface area contributed by atoms with Gasteiger partial charge in [0.1, 0.15) is 5.75 Å². The molecule has 5 nitrogen and oxygen atoms in total. The fraction of sp³-hybridized carbons (Fsp3) is 0.318. The molecule has 0 spiro atoms. The second kappa shape index (κ2) is 9.90. The first-order chi connectivity index (χ1) is 13.6. The van der Waals surface area contributed by atoms with Gasteiger partial charge in [-0.15, -0.1) is 0 Å². The van der Waals surface area contributed by atoms with E-state index in [0.29, 0.717) is 5.75 Å². The van der Waals surface area contributed by atoms with E-state index in [4.69, 9.17) is 4.74 Å². The number of halogens is 1. The number of carbonyl (C=O) groups excluding carboxylic acids is 1. The molecule has 1 saturated carbocycles. The summed E-state index contributed by atoms with van der Waals surface area (Å²) in [6, 6.07) is 13.0. The van der Waals surface area contributed by atoms with E-state index in [9.17, 15) is 14.4 Å². The Morgan fingerprint density at radius 2 is 1.93 bits per heavy atom. The van der Waals surface area contributed by atoms with Crippen molar-refractivity contribution in [1.29, 1.82) is 0 Å². The van der Waals surface area contributed by atoms with Crippen LogP contribution in [0.3, 0.4) is 0 Å². The summed E-state index contributed by atoms with van der Waals surface area (Å²) in [5.41, 5.74) is 0.745. The normalized spacial score (nSPS) is 14.8. The van der Waals surface area contributed by atoms with E-state index in [2.05, 4.69) is 5.32 Å². The molecule has 0 unspecified atom stereocenters. The van der Waals surface area contributed by atoms with Crippen LogP contribution in [0.5, 0.6) is 11.5 Å². The molecule has 28 heavy (non-hydrogen) atoms. The van der Waals surface area contributed by atoms with Crippen LogP contribution in [0.25, 0.3) is 6.08 Å². The van der Waals surface area contributed by atoms with Gasteiger partial charge in [0.05, 0.1) is 6.04 Å². The van der Waals surface area contributed by atoms with Crippen molar-refractivity contribution in [1.82, 2.24) is 10.4 Å². The molecule has 3 rings (SSSR count). The minimum Gasteiger partial charge on any atom is -0.454 e. The van der Waals surface area contributed by atoms with Crippen LogP contribution in [-0.4, -0.2) is 28.9 Å². The van der Waals surface area contributed by atoms with Crippen molar-refractivity contribution in [2.75, 3.05) is 6.54 Å². The van der Waals surface area contributed by atoms with Gasteiger partial charge in [0.2, 0.25) is 0 Å². The van der Waals surface area contributed by atoms with Gasteiger partial charge in [-0.05, 0) is 42.7 Å². The summed E-state index contributed by atoms with van der Waals surface area (Å²) in [4.78, 5) is 12.0. The molecule has 1 fully saturated rings. The molecule has 6 heteroatoms. The van der Waals surface area contributed by atoms with Crippen LogP contribution in [-0.2, 0) is 0 Å². The monoisotopic (exact) mass is 384 g/mol. The van der Waals surface area contributed by atoms with Gasteiger partial charge in [-0.3, -0.25) is 5.21 Å². The van der Waals surface area contributed by atoms with Crippen molar-refractivity contribution in [3.63, 3.8) is 0 Å². The largest absolute Gasteiger partial charge is 0.454 e. The Morgan fingerprint density at radius 1 is 1.18 bits per heavy atom. The van der Waals surface area contributed by atoms with Crippen LogP contribution in [0.2, 0.25) is 0 Å². The molecule has 1 aliphatic carbocycles. The highest BCUT2D eigenvalue weighted by atomic mass is 19.1. The maximum absolute atomic E-state index is 14.0. The molecule has 2 N–H and O–H groups in total. The molecule has 0 atom stereocenters. The molecule has 0 aliphatic heterocycles. The first-order valence-corrected chi connectivity index (χ1v) is 9.58. The second-order valence-electron chi connectivity index (χ2n) is 6.83. The molecular formula is C22H25FN2O3. The Hall–Kier alpha value is -2.86. The number of benzene rings is 2. The van der Waals surface area contributed by atoms with E-state index in [1.807, 2.05) is 18.2 Å². The number of urea groups is 1. The molecule has 148 valence electrons. The molecule has 0 radical (unpaired) electrons. The summed E-state index contributed by atoms with van der Waals surface area (Å²) in [6.07, 6.45) is 8.40. The fourth-order valence-electron chi connectivity index (χ4n) is 3.23. The molecule has 0 bridgehead atoms. The minimum absolute atomic E-state index is 0.104. The average Bonchev–Trinajstić information content (AvgIpc) is 2.74. The van der Waals surface area contributed by atoms with Gasteiger partial charge in [-0.2, -0.15) is 0 Å². The van der Waals surface area contributed by atoms with E-state index < -0.39 is 11.8 Å². The van der Waals surface area contributed by atoms with Gasteiger partial charge in [-0.1, -0.05) is 55.7 Å². The van der Waals surface area contributed by atoms with Crippen LogP contribution in [0.15, 0.2) is 54.6 Å². The van der Waals surface area contributed by atoms with Crippen molar-refractivity contribution in [3.8, 4) is 11.5 Å². The summed E-state index contributed by atoms with van der Waals surface area (Å²) < 4.78 is 19.6. The Bertz CT molecular complexity index is 805. The van der Waals surface area contributed by atoms with Crippen LogP contribution < -0.4 is 10.1 Å². The van der Waals surface area contributed by atoms with Gasteiger partial charge >= 0.3 is 6.03 Å². The molecule has 0 aromatic heterocycles. The van der Waals surface area contributed by atoms with E-state index in [1.165, 1.54) is 6.07 Å². The number of rotatable bonds is 6. The van der Waals surface area contributed by atoms with E-state index in [1.54, 1.807) is 36.4 Å². The van der Waals surface area contributed by atoms with Gasteiger partial charge in [-0.25, -0.2) is 14.2 Å². The zero-order valence-corrected chi connectivity index (χ0v) is 15.7. The first kappa shape index (κ1) is 19.9. The molecular weight excluding hydrogens is 359 g/mol. The summed E-state index contributed by atoms with van der Waals surface area (Å²) in [5.74, 6) is 0.245. The van der Waals surface area contributed by atoms with Crippen molar-refractivity contribution in [2.24, 2.45) is 0 Å². The Labute approximate surface area is 164 Å². The summed E-state index contributed by atoms with van der Waals surface area (Å²) in [7, 11) is 0. The summed E-state index contributed by atoms with van der Waals surface area (Å²) in [6.45, 7) is 0.259. The lowest BCUT2D eigenvalue weighted by Gasteiger charge is -2.28. The number of para-hydroxylation sites is 1. The Balaban J connectivity index is 1.52. The molecule has 2 aromatic carbocycles. The molecule has 1 aliphatic rings. The predicted octanol–water partition coefficient (Wildman–Crippen LogP) is 5.36. The third-order valence-corrected chi connectivity index (χ3v) is 4.74. The average molecular weight is 384 g/mol. The van der Waals surface area contributed by atoms with Gasteiger partial charge in [0, 0.05) is 6.54 Å². The second-order valence-corrected chi connectivity index (χ2v) is 6.83. The zero-order chi connectivity index (χ0) is 19.8. The van der Waals surface area contributed by atoms with E-state index >= 15 is 0 Å². The number of ether oxygens (including phenoxy) is 1. The highest BCUT2D eigenvalue weighted by Gasteiger charge is 2.23. The minimum atomic E-state index is -0.497. The number of hydrogen-bond acceptors (Lipinski definition) is 3. The Morgan fingerprint density at radius 3 is 2.68 bits per heavy atom. The van der Waals surface area contributed by atoms with E-state index in [-0.39, 0.29) is 18.3 Å². The maximum atomic E-state index is 14.0. The van der Waals surface area contributed by atoms with Crippen LogP contribution >= 0.6 is 0 Å². The fourth-order valence-corrected chi connectivity index (χ4v) is 3.23. The molecule has 2 aromatic rings. The number of hydroxylamine groups is 2. The molecule has 0 heterocycles. The predicted molar refractivity (Wildman–Crippen MR) is 106 cm³/mol. The van der Waals surface area contributed by atoms with Crippen molar-refractivity contribution in [3.05, 3.63) is 66.0 Å². The highest BCUT2D eigenvalue weighted by molar-refractivity contribution is 5.73. The first-order valence-electron chi connectivity index (χ1n) is 9.58. The van der Waals surface area contributed by atoms with Crippen LogP contribution in [0, 0.1) is 5.82 Å². The lowest BCUT2D eigenvalue weighted by Crippen LogP contribution is -2.44. The SMILES string of the molecule is O=C(NC/C=C/c1ccc(F)c(Oc2ccccc2)c1)N(O)C1CCCCC1. The summed E-state index contributed by atoms with van der Waals surface area (Å²) >= 11 is 0. The third kappa shape index (κ3) is 5.57. The number of hydrogen-bond donors (Lipinski definition) is 2. The van der Waals surface area contributed by atoms with Crippen molar-refractivity contribution >= 4 is 12.1 Å². The maximum Gasteiger partial charge on any atom is 0.341 e. The number of nitrogens with one attached hydrogen (secondary N) is 1. The zero-order valence-electron chi connectivity index (χ0n) is 15.7. The number of carbonyl (C=O) groups is 1. The summed E-state index contributed by atoms with van der Waals surface area (Å²) in [5, 5.41) is 13.5. The van der Waals surface area contributed by atoms with Crippen LogP contribution in [0.4, 0.5) is 9.18 Å². The van der Waals surface area contributed by atoms with Crippen molar-refractivity contribution < 1.29 is 19.1 Å². The molecule has 0 saturated heterocycles. The molecule has 2 amide bonds. The third-order valence-electron chi connectivity index (χ3n) is 4.74. The Kier molecular flexibility index (Phi) is 7.03. The van der Waals surface area contributed by atoms with Crippen molar-refractivity contribution in [2.45, 2.75) is 38.1 Å². The van der Waals surface area contributed by atoms with Gasteiger partial charge < -0.3 is 10.1 Å². The number of amides is 2. The van der Waals surface area contributed by atoms with E-state index in [0.717, 1.165) is 42.7 Å². The van der Waals surface area contributed by atoms with Gasteiger partial charge in [0.15, 0.2) is 11.6 Å². The standard InChI is InChI=1S/C22H25FN2O3/c23-20-14-13-17(16-21(20)28-19-11-5-2-6-12-19)8-7-15-24-22(26)25(27)18-9-3-1-4-10-18/h2,5-8,11-14,16,18,27H,1,3-4,9-10,15H2,(H,24,26)/b8-7+. The highest BCUT2D eigenvalue weighted by Crippen LogP contribution is 2.26. The quantitative estimate of drug-likeness (QED) is 0.520. The van der Waals surface area contributed by atoms with Gasteiger partial charge in [0.25, 0.3) is 0 Å².